The predicted octanol–water partition coefficient (Wildman–Crippen LogP) is 0.387. The Balaban J connectivity index is 0.000000281. The monoisotopic (exact) mass is 425 g/mol. The third-order valence-electron chi connectivity index (χ3n) is 3.29. The summed E-state index contributed by atoms with van der Waals surface area (Å²) in [7, 11) is 0.0985. The van der Waals surface area contributed by atoms with Crippen LogP contribution in [0.4, 0.5) is 14.7 Å². The molecule has 1 saturated heterocycles. The number of aromatic amines is 2. The Labute approximate surface area is 159 Å². The van der Waals surface area contributed by atoms with Crippen molar-refractivity contribution in [3.63, 3.8) is 0 Å². The maximum Gasteiger partial charge on any atom is 0.299 e. The van der Waals surface area contributed by atoms with Crippen molar-refractivity contribution in [2.45, 2.75) is 25.9 Å². The van der Waals surface area contributed by atoms with E-state index in [1.54, 1.807) is 13.8 Å². The molecule has 2 atom stereocenters. The number of imidazole rings is 1. The van der Waals surface area contributed by atoms with E-state index in [1.807, 2.05) is 0 Å². The highest BCUT2D eigenvalue weighted by Gasteiger charge is 2.46. The van der Waals surface area contributed by atoms with Gasteiger partial charge in [0.15, 0.2) is 26.3 Å². The first-order valence-electron chi connectivity index (χ1n) is 7.94. The largest absolute Gasteiger partial charge is 0.400 e. The van der Waals surface area contributed by atoms with Gasteiger partial charge >= 0.3 is 0 Å². The first-order valence-corrected chi connectivity index (χ1v) is 8.79. The van der Waals surface area contributed by atoms with E-state index >= 15 is 0 Å². The molecule has 0 radical (unpaired) electrons. The van der Waals surface area contributed by atoms with Gasteiger partial charge in [-0.1, -0.05) is 13.8 Å². The molecule has 2 aromatic heterocycles. The van der Waals surface area contributed by atoms with Gasteiger partial charge in [-0.25, -0.2) is 13.8 Å². The molecular formula is C14H22F2N5O6P. The Hall–Kier alpha value is -2.05. The van der Waals surface area contributed by atoms with E-state index in [0.29, 0.717) is 5.52 Å². The van der Waals surface area contributed by atoms with Gasteiger partial charge in [0.1, 0.15) is 6.61 Å². The number of aliphatic hydroxyl groups is 1. The molecule has 3 heterocycles. The second kappa shape index (κ2) is 11.1. The molecule has 158 valence electrons. The van der Waals surface area contributed by atoms with E-state index in [0.717, 1.165) is 7.11 Å². The third kappa shape index (κ3) is 6.53. The van der Waals surface area contributed by atoms with Gasteiger partial charge in [-0.3, -0.25) is 19.9 Å². The SMILES string of the molecule is CC(C)C(=O)Nc1nc2nc[nH]c2c(=O)[nH]1.CO.OPOC1COCC1(F)F. The Morgan fingerprint density at radius 3 is 2.71 bits per heavy atom. The quantitative estimate of drug-likeness (QED) is 0.439. The maximum atomic E-state index is 12.4. The molecule has 1 amide bonds. The van der Waals surface area contributed by atoms with Crippen LogP contribution < -0.4 is 10.9 Å². The first kappa shape index (κ1) is 24.0. The van der Waals surface area contributed by atoms with E-state index in [-0.39, 0.29) is 35.6 Å². The Morgan fingerprint density at radius 2 is 2.18 bits per heavy atom. The average Bonchev–Trinajstić information content (AvgIpc) is 3.24. The van der Waals surface area contributed by atoms with Crippen LogP contribution in [-0.2, 0) is 14.1 Å². The number of nitrogens with zero attached hydrogens (tertiary/aromatic N) is 2. The molecule has 2 aromatic rings. The van der Waals surface area contributed by atoms with Crippen molar-refractivity contribution in [1.29, 1.82) is 0 Å². The van der Waals surface area contributed by atoms with E-state index in [1.165, 1.54) is 6.33 Å². The molecule has 0 saturated carbocycles. The van der Waals surface area contributed by atoms with Gasteiger partial charge in [0.25, 0.3) is 11.5 Å². The Morgan fingerprint density at radius 1 is 1.50 bits per heavy atom. The molecule has 0 bridgehead atoms. The number of halogens is 2. The van der Waals surface area contributed by atoms with Crippen LogP contribution in [0.15, 0.2) is 11.1 Å². The van der Waals surface area contributed by atoms with Gasteiger partial charge < -0.3 is 24.2 Å². The smallest absolute Gasteiger partial charge is 0.299 e. The van der Waals surface area contributed by atoms with Crippen LogP contribution in [0.25, 0.3) is 11.2 Å². The third-order valence-corrected chi connectivity index (χ3v) is 3.68. The molecule has 5 N–H and O–H groups in total. The van der Waals surface area contributed by atoms with Crippen LogP contribution in [0.3, 0.4) is 0 Å². The lowest BCUT2D eigenvalue weighted by Gasteiger charge is -2.14. The van der Waals surface area contributed by atoms with E-state index < -0.39 is 27.7 Å². The summed E-state index contributed by atoms with van der Waals surface area (Å²) in [5.41, 5.74) is 0.215. The number of rotatable bonds is 4. The lowest BCUT2D eigenvalue weighted by molar-refractivity contribution is -0.118. The normalized spacial score (nSPS) is 17.9. The van der Waals surface area contributed by atoms with Crippen molar-refractivity contribution < 1.29 is 32.8 Å². The van der Waals surface area contributed by atoms with Crippen LogP contribution in [0.1, 0.15) is 13.8 Å². The molecule has 3 rings (SSSR count). The van der Waals surface area contributed by atoms with Gasteiger partial charge in [-0.05, 0) is 0 Å². The number of ether oxygens (including phenoxy) is 1. The minimum Gasteiger partial charge on any atom is -0.400 e. The molecular weight excluding hydrogens is 403 g/mol. The highest BCUT2D eigenvalue weighted by molar-refractivity contribution is 7.25. The first-order chi connectivity index (χ1) is 13.2. The fourth-order valence-corrected chi connectivity index (χ4v) is 2.23. The summed E-state index contributed by atoms with van der Waals surface area (Å²) in [5.74, 6) is -3.21. The van der Waals surface area contributed by atoms with Crippen LogP contribution in [0, 0.1) is 5.92 Å². The second-order valence-electron chi connectivity index (χ2n) is 5.63. The number of alkyl halides is 2. The predicted molar refractivity (Wildman–Crippen MR) is 97.3 cm³/mol. The lowest BCUT2D eigenvalue weighted by atomic mass is 10.2. The molecule has 2 unspecified atom stereocenters. The number of nitrogens with one attached hydrogen (secondary N) is 3. The standard InChI is InChI=1S/C9H11N5O2.C4H7F2O3P.CH4O/c1-4(2)7(15)13-9-12-6-5(8(16)14-9)10-3-11-6;5-4(6)2-8-1-3(4)9-10-7;1-2/h3-4H,1-2H3,(H3,10,11,12,13,14,15,16);3,7,10H,1-2H2;2H,1H3. The maximum absolute atomic E-state index is 12.4. The molecule has 0 spiro atoms. The van der Waals surface area contributed by atoms with Crippen LogP contribution in [0.5, 0.6) is 0 Å². The summed E-state index contributed by atoms with van der Waals surface area (Å²) in [4.78, 5) is 44.0. The summed E-state index contributed by atoms with van der Waals surface area (Å²) in [6, 6.07) is 0. The highest BCUT2D eigenvalue weighted by atomic mass is 31.1. The molecule has 0 aromatic carbocycles. The fourth-order valence-electron chi connectivity index (χ4n) is 1.86. The van der Waals surface area contributed by atoms with Crippen LogP contribution in [0.2, 0.25) is 0 Å². The molecule has 1 aliphatic rings. The van der Waals surface area contributed by atoms with Crippen LogP contribution >= 0.6 is 9.03 Å². The zero-order valence-electron chi connectivity index (χ0n) is 15.3. The van der Waals surface area contributed by atoms with Crippen molar-refractivity contribution in [1.82, 2.24) is 19.9 Å². The van der Waals surface area contributed by atoms with Gasteiger partial charge in [-0.2, -0.15) is 4.98 Å². The minimum atomic E-state index is -2.93. The van der Waals surface area contributed by atoms with Crippen molar-refractivity contribution in [2.75, 3.05) is 25.6 Å². The van der Waals surface area contributed by atoms with Gasteiger partial charge in [-0.15, -0.1) is 0 Å². The molecule has 1 aliphatic heterocycles. The number of aliphatic hydroxyl groups excluding tert-OH is 1. The number of aromatic nitrogens is 4. The van der Waals surface area contributed by atoms with Crippen LogP contribution in [-0.4, -0.2) is 68.2 Å². The minimum absolute atomic E-state index is 0.114. The lowest BCUT2D eigenvalue weighted by Crippen LogP contribution is -2.32. The number of amides is 1. The summed E-state index contributed by atoms with van der Waals surface area (Å²) in [6.45, 7) is 2.75. The summed E-state index contributed by atoms with van der Waals surface area (Å²) >= 11 is 0. The molecule has 14 heteroatoms. The van der Waals surface area contributed by atoms with E-state index in [2.05, 4.69) is 34.5 Å². The number of H-pyrrole nitrogens is 2. The summed E-state index contributed by atoms with van der Waals surface area (Å²) in [6.07, 6.45) is 0.108. The number of anilines is 1. The number of fused-ring (bicyclic) bond motifs is 1. The van der Waals surface area contributed by atoms with Crippen molar-refractivity contribution in [3.05, 3.63) is 16.7 Å². The number of hydrogen-bond donors (Lipinski definition) is 5. The topological polar surface area (TPSA) is 162 Å². The summed E-state index contributed by atoms with van der Waals surface area (Å²) in [5, 5.41) is 9.50. The molecule has 1 fully saturated rings. The Kier molecular flexibility index (Phi) is 9.49. The van der Waals surface area contributed by atoms with Crippen molar-refractivity contribution in [2.24, 2.45) is 5.92 Å². The molecule has 28 heavy (non-hydrogen) atoms. The number of carbonyl (C=O) groups excluding carboxylic acids is 1. The Bertz CT molecular complexity index is 815. The average molecular weight is 425 g/mol. The van der Waals surface area contributed by atoms with E-state index in [4.69, 9.17) is 10.00 Å². The van der Waals surface area contributed by atoms with Gasteiger partial charge in [0, 0.05) is 13.0 Å². The summed E-state index contributed by atoms with van der Waals surface area (Å²) < 4.78 is 33.6. The second-order valence-corrected chi connectivity index (χ2v) is 6.05. The van der Waals surface area contributed by atoms with Crippen molar-refractivity contribution in [3.8, 4) is 0 Å². The molecule has 11 nitrogen and oxygen atoms in total. The molecule has 0 aliphatic carbocycles. The zero-order valence-corrected chi connectivity index (χ0v) is 16.3. The fraction of sp³-hybridized carbons (Fsp3) is 0.571. The highest BCUT2D eigenvalue weighted by Crippen LogP contribution is 2.30. The zero-order chi connectivity index (χ0) is 21.3. The van der Waals surface area contributed by atoms with E-state index in [9.17, 15) is 18.4 Å². The van der Waals surface area contributed by atoms with Gasteiger partial charge in [0.05, 0.1) is 12.9 Å². The number of hydrogen-bond acceptors (Lipinski definition) is 8. The van der Waals surface area contributed by atoms with Crippen molar-refractivity contribution >= 4 is 32.1 Å². The number of carbonyl (C=O) groups is 1. The van der Waals surface area contributed by atoms with Gasteiger partial charge in [0.2, 0.25) is 11.9 Å².